The molecule has 1 aliphatic carbocycles. The van der Waals surface area contributed by atoms with Gasteiger partial charge in [0.1, 0.15) is 12.1 Å². The highest BCUT2D eigenvalue weighted by molar-refractivity contribution is 5.75. The van der Waals surface area contributed by atoms with Crippen LogP contribution in [0.3, 0.4) is 0 Å². The number of hydrogen-bond donors (Lipinski definition) is 1. The molecule has 106 valence electrons. The summed E-state index contributed by atoms with van der Waals surface area (Å²) in [7, 11) is 0. The van der Waals surface area contributed by atoms with Gasteiger partial charge in [-0.3, -0.25) is 4.79 Å². The third-order valence-corrected chi connectivity index (χ3v) is 3.91. The van der Waals surface area contributed by atoms with Gasteiger partial charge in [-0.25, -0.2) is 0 Å². The second-order valence-electron chi connectivity index (χ2n) is 6.40. The lowest BCUT2D eigenvalue weighted by molar-refractivity contribution is -0.156. The van der Waals surface area contributed by atoms with Crippen LogP contribution >= 0.6 is 0 Å². The van der Waals surface area contributed by atoms with Crippen molar-refractivity contribution >= 4 is 5.97 Å². The fourth-order valence-corrected chi connectivity index (χ4v) is 2.88. The van der Waals surface area contributed by atoms with Gasteiger partial charge in [0.15, 0.2) is 0 Å². The maximum atomic E-state index is 12.0. The van der Waals surface area contributed by atoms with Crippen molar-refractivity contribution in [1.82, 2.24) is 0 Å². The molecule has 3 nitrogen and oxygen atoms in total. The number of esters is 1. The van der Waals surface area contributed by atoms with Gasteiger partial charge in [-0.2, -0.15) is 0 Å². The summed E-state index contributed by atoms with van der Waals surface area (Å²) in [6, 6.07) is -0.459. The average molecular weight is 255 g/mol. The van der Waals surface area contributed by atoms with Crippen LogP contribution in [0.25, 0.3) is 0 Å². The van der Waals surface area contributed by atoms with E-state index in [1.807, 2.05) is 0 Å². The molecule has 1 saturated carbocycles. The second kappa shape index (κ2) is 7.13. The molecule has 2 N–H and O–H groups in total. The van der Waals surface area contributed by atoms with Gasteiger partial charge in [-0.15, -0.1) is 0 Å². The summed E-state index contributed by atoms with van der Waals surface area (Å²) in [5, 5.41) is 0. The van der Waals surface area contributed by atoms with Crippen molar-refractivity contribution in [3.8, 4) is 0 Å². The van der Waals surface area contributed by atoms with E-state index in [9.17, 15) is 4.79 Å². The van der Waals surface area contributed by atoms with Crippen molar-refractivity contribution in [2.75, 3.05) is 0 Å². The van der Waals surface area contributed by atoms with Gasteiger partial charge in [0.25, 0.3) is 0 Å². The highest BCUT2D eigenvalue weighted by atomic mass is 16.5. The van der Waals surface area contributed by atoms with E-state index in [1.165, 1.54) is 19.3 Å². The number of nitrogens with two attached hydrogens (primary N) is 1. The molecule has 0 aliphatic heterocycles. The Bertz CT molecular complexity index is 263. The molecule has 0 heterocycles. The van der Waals surface area contributed by atoms with E-state index in [4.69, 9.17) is 10.5 Å². The first-order chi connectivity index (χ1) is 8.41. The van der Waals surface area contributed by atoms with Crippen molar-refractivity contribution in [2.45, 2.75) is 71.9 Å². The Balaban J connectivity index is 2.50. The maximum Gasteiger partial charge on any atom is 0.323 e. The van der Waals surface area contributed by atoms with Crippen LogP contribution in [0, 0.1) is 17.8 Å². The van der Waals surface area contributed by atoms with E-state index in [-0.39, 0.29) is 12.1 Å². The minimum atomic E-state index is -0.459. The Labute approximate surface area is 111 Å². The number of ether oxygens (including phenoxy) is 1. The van der Waals surface area contributed by atoms with Crippen LogP contribution in [-0.4, -0.2) is 18.1 Å². The molecular weight excluding hydrogens is 226 g/mol. The van der Waals surface area contributed by atoms with Crippen LogP contribution < -0.4 is 5.73 Å². The number of hydrogen-bond acceptors (Lipinski definition) is 3. The Hall–Kier alpha value is -0.570. The molecule has 0 aromatic heterocycles. The number of carbonyl (C=O) groups excluding carboxylic acids is 1. The van der Waals surface area contributed by atoms with Gasteiger partial charge in [0, 0.05) is 0 Å². The monoisotopic (exact) mass is 255 g/mol. The molecule has 0 amide bonds. The smallest absolute Gasteiger partial charge is 0.323 e. The topological polar surface area (TPSA) is 52.3 Å². The average Bonchev–Trinajstić information content (AvgIpc) is 2.28. The minimum absolute atomic E-state index is 0.0875. The van der Waals surface area contributed by atoms with Crippen LogP contribution in [0.2, 0.25) is 0 Å². The van der Waals surface area contributed by atoms with Gasteiger partial charge < -0.3 is 10.5 Å². The zero-order valence-corrected chi connectivity index (χ0v) is 12.3. The van der Waals surface area contributed by atoms with Crippen molar-refractivity contribution in [3.63, 3.8) is 0 Å². The molecule has 3 heteroatoms. The first-order valence-corrected chi connectivity index (χ1v) is 7.38. The number of carbonyl (C=O) groups is 1. The quantitative estimate of drug-likeness (QED) is 0.768. The molecule has 1 aliphatic rings. The molecule has 0 spiro atoms. The van der Waals surface area contributed by atoms with Crippen LogP contribution in [0.1, 0.15) is 59.8 Å². The highest BCUT2D eigenvalue weighted by Gasteiger charge is 2.31. The lowest BCUT2D eigenvalue weighted by atomic mass is 9.79. The molecule has 3 atom stereocenters. The summed E-state index contributed by atoms with van der Waals surface area (Å²) in [5.74, 6) is 1.31. The largest absolute Gasteiger partial charge is 0.461 e. The van der Waals surface area contributed by atoms with Crippen molar-refractivity contribution in [3.05, 3.63) is 0 Å². The second-order valence-corrected chi connectivity index (χ2v) is 6.40. The fourth-order valence-electron chi connectivity index (χ4n) is 2.88. The predicted molar refractivity (Wildman–Crippen MR) is 74.1 cm³/mol. The van der Waals surface area contributed by atoms with Crippen LogP contribution in [0.4, 0.5) is 0 Å². The summed E-state index contributed by atoms with van der Waals surface area (Å²) in [6.07, 6.45) is 5.40. The lowest BCUT2D eigenvalue weighted by Crippen LogP contribution is -2.40. The van der Waals surface area contributed by atoms with Crippen LogP contribution in [0.15, 0.2) is 0 Å². The Morgan fingerprint density at radius 3 is 2.39 bits per heavy atom. The maximum absolute atomic E-state index is 12.0. The Morgan fingerprint density at radius 1 is 1.22 bits per heavy atom. The molecule has 1 rings (SSSR count). The highest BCUT2D eigenvalue weighted by Crippen LogP contribution is 2.32. The van der Waals surface area contributed by atoms with Gasteiger partial charge in [0.05, 0.1) is 0 Å². The van der Waals surface area contributed by atoms with Gasteiger partial charge in [-0.05, 0) is 43.4 Å². The minimum Gasteiger partial charge on any atom is -0.461 e. The molecule has 1 unspecified atom stereocenters. The van der Waals surface area contributed by atoms with E-state index in [0.29, 0.717) is 24.2 Å². The van der Waals surface area contributed by atoms with Crippen molar-refractivity contribution < 1.29 is 9.53 Å². The first-order valence-electron chi connectivity index (χ1n) is 7.38. The predicted octanol–water partition coefficient (Wildman–Crippen LogP) is 3.12. The Morgan fingerprint density at radius 2 is 1.83 bits per heavy atom. The first kappa shape index (κ1) is 15.5. The zero-order valence-electron chi connectivity index (χ0n) is 12.3. The molecule has 0 radical (unpaired) electrons. The Kier molecular flexibility index (Phi) is 6.13. The third kappa shape index (κ3) is 4.60. The molecule has 18 heavy (non-hydrogen) atoms. The zero-order chi connectivity index (χ0) is 13.7. The van der Waals surface area contributed by atoms with Crippen molar-refractivity contribution in [2.24, 2.45) is 23.5 Å². The molecule has 0 saturated heterocycles. The van der Waals surface area contributed by atoms with Gasteiger partial charge in [0.2, 0.25) is 0 Å². The summed E-state index contributed by atoms with van der Waals surface area (Å²) < 4.78 is 5.66. The summed E-state index contributed by atoms with van der Waals surface area (Å²) in [4.78, 5) is 12.0. The summed E-state index contributed by atoms with van der Waals surface area (Å²) in [6.45, 7) is 8.57. The van der Waals surface area contributed by atoms with E-state index in [1.54, 1.807) is 0 Å². The third-order valence-electron chi connectivity index (χ3n) is 3.91. The van der Waals surface area contributed by atoms with Crippen LogP contribution in [-0.2, 0) is 9.53 Å². The summed E-state index contributed by atoms with van der Waals surface area (Å²) in [5.41, 5.74) is 5.88. The SMILES string of the molecule is CC(C)C[C@H](N)C(=O)OC1CCCC[C@@H]1C(C)C. The normalized spacial score (nSPS) is 26.4. The van der Waals surface area contributed by atoms with Gasteiger partial charge in [-0.1, -0.05) is 34.1 Å². The molecule has 1 fully saturated rings. The van der Waals surface area contributed by atoms with E-state index in [0.717, 1.165) is 6.42 Å². The standard InChI is InChI=1S/C15H29NO2/c1-10(2)9-13(16)15(17)18-14-8-6-5-7-12(14)11(3)4/h10-14H,5-9,16H2,1-4H3/t12-,13+,14?/m1/s1. The molecular formula is C15H29NO2. The molecule has 0 aromatic carbocycles. The van der Waals surface area contributed by atoms with Gasteiger partial charge >= 0.3 is 5.97 Å². The fraction of sp³-hybridized carbons (Fsp3) is 0.933. The van der Waals surface area contributed by atoms with E-state index < -0.39 is 6.04 Å². The lowest BCUT2D eigenvalue weighted by Gasteiger charge is -2.34. The molecule has 0 bridgehead atoms. The molecule has 0 aromatic rings. The number of rotatable bonds is 5. The van der Waals surface area contributed by atoms with E-state index >= 15 is 0 Å². The van der Waals surface area contributed by atoms with E-state index in [2.05, 4.69) is 27.7 Å². The van der Waals surface area contributed by atoms with Crippen LogP contribution in [0.5, 0.6) is 0 Å². The van der Waals surface area contributed by atoms with Crippen molar-refractivity contribution in [1.29, 1.82) is 0 Å². The summed E-state index contributed by atoms with van der Waals surface area (Å²) >= 11 is 0.